The smallest absolute Gasteiger partial charge is 0.252 e. The fourth-order valence-corrected chi connectivity index (χ4v) is 10.2. The second kappa shape index (κ2) is 11.6. The van der Waals surface area contributed by atoms with Crippen LogP contribution in [-0.4, -0.2) is 15.8 Å². The number of rotatable bonds is 2. The molecule has 10 rings (SSSR count). The van der Waals surface area contributed by atoms with Crippen molar-refractivity contribution in [3.05, 3.63) is 137 Å². The van der Waals surface area contributed by atoms with Crippen LogP contribution in [0.25, 0.3) is 55.0 Å². The lowest BCUT2D eigenvalue weighted by atomic mass is 9.33. The molecule has 3 heteroatoms. The Morgan fingerprint density at radius 2 is 0.759 bits per heavy atom. The van der Waals surface area contributed by atoms with Crippen LogP contribution < -0.4 is 16.4 Å². The lowest BCUT2D eigenvalue weighted by Crippen LogP contribution is -2.60. The van der Waals surface area contributed by atoms with Gasteiger partial charge in [0, 0.05) is 49.4 Å². The van der Waals surface area contributed by atoms with Crippen molar-refractivity contribution in [1.29, 1.82) is 0 Å². The Morgan fingerprint density at radius 1 is 0.362 bits per heavy atom. The van der Waals surface area contributed by atoms with Crippen LogP contribution in [0.2, 0.25) is 0 Å². The fraction of sp³-hybridized carbons (Fsp3) is 0.345. The molecule has 2 aliphatic rings. The van der Waals surface area contributed by atoms with E-state index in [0.29, 0.717) is 0 Å². The third-order valence-electron chi connectivity index (χ3n) is 14.0. The highest BCUT2D eigenvalue weighted by molar-refractivity contribution is 7.00. The van der Waals surface area contributed by atoms with Gasteiger partial charge in [-0.2, -0.15) is 0 Å². The first-order chi connectivity index (χ1) is 27.0. The Bertz CT molecular complexity index is 2870. The maximum Gasteiger partial charge on any atom is 0.252 e. The average Bonchev–Trinajstić information content (AvgIpc) is 3.66. The van der Waals surface area contributed by atoms with Crippen molar-refractivity contribution in [2.75, 3.05) is 0 Å². The molecule has 292 valence electrons. The van der Waals surface area contributed by atoms with Crippen molar-refractivity contribution in [3.8, 4) is 11.4 Å². The van der Waals surface area contributed by atoms with Gasteiger partial charge in [0.15, 0.2) is 0 Å². The SMILES string of the molecule is CC(C)(C)c1ccc2c(c1)c1cc(C(C)(C)C)cc3c1n2-c1cc(C(C)(C)c2ccccc2)cc2c1B3c1cc(C(C)(C)C)cc3c4cc(C(C)(C)C)ccc4n-2c13. The van der Waals surface area contributed by atoms with Gasteiger partial charge in [0.25, 0.3) is 6.71 Å². The molecular formula is C55H59BN2. The lowest BCUT2D eigenvalue weighted by molar-refractivity contribution is 0.590. The molecule has 0 atom stereocenters. The van der Waals surface area contributed by atoms with Crippen molar-refractivity contribution in [3.63, 3.8) is 0 Å². The van der Waals surface area contributed by atoms with Crippen LogP contribution in [0.5, 0.6) is 0 Å². The minimum atomic E-state index is -0.238. The molecule has 58 heavy (non-hydrogen) atoms. The summed E-state index contributed by atoms with van der Waals surface area (Å²) in [4.78, 5) is 0. The van der Waals surface area contributed by atoms with E-state index in [0.717, 1.165) is 0 Å². The molecule has 0 aliphatic carbocycles. The number of fused-ring (bicyclic) bond motifs is 10. The normalized spacial score (nSPS) is 14.3. The van der Waals surface area contributed by atoms with Gasteiger partial charge >= 0.3 is 0 Å². The summed E-state index contributed by atoms with van der Waals surface area (Å²) in [6, 6.07) is 41.1. The lowest BCUT2D eigenvalue weighted by Gasteiger charge is -2.37. The average molecular weight is 759 g/mol. The minimum Gasteiger partial charge on any atom is -0.310 e. The minimum absolute atomic E-state index is 0.0249. The van der Waals surface area contributed by atoms with Crippen molar-refractivity contribution in [2.45, 2.75) is 124 Å². The van der Waals surface area contributed by atoms with Crippen LogP contribution >= 0.6 is 0 Å². The van der Waals surface area contributed by atoms with Crippen molar-refractivity contribution in [1.82, 2.24) is 9.13 Å². The topological polar surface area (TPSA) is 9.86 Å². The summed E-state index contributed by atoms with van der Waals surface area (Å²) in [7, 11) is 0. The second-order valence-electron chi connectivity index (χ2n) is 22.4. The van der Waals surface area contributed by atoms with Crippen molar-refractivity contribution >= 4 is 66.7 Å². The molecule has 0 saturated heterocycles. The number of aromatic nitrogens is 2. The summed E-state index contributed by atoms with van der Waals surface area (Å²) < 4.78 is 5.33. The van der Waals surface area contributed by atoms with E-state index in [4.69, 9.17) is 0 Å². The quantitative estimate of drug-likeness (QED) is 0.155. The molecule has 2 aliphatic heterocycles. The predicted octanol–water partition coefficient (Wildman–Crippen LogP) is 12.5. The van der Waals surface area contributed by atoms with Crippen LogP contribution in [0.3, 0.4) is 0 Å². The molecule has 0 fully saturated rings. The van der Waals surface area contributed by atoms with Gasteiger partial charge in [0.2, 0.25) is 0 Å². The first-order valence-electron chi connectivity index (χ1n) is 21.6. The Balaban J connectivity index is 1.45. The molecule has 0 radical (unpaired) electrons. The molecule has 0 amide bonds. The number of benzene rings is 6. The van der Waals surface area contributed by atoms with Crippen LogP contribution in [0.15, 0.2) is 103 Å². The molecular weight excluding hydrogens is 699 g/mol. The van der Waals surface area contributed by atoms with E-state index >= 15 is 0 Å². The summed E-state index contributed by atoms with van der Waals surface area (Å²) in [5, 5.41) is 5.44. The van der Waals surface area contributed by atoms with E-state index in [2.05, 4.69) is 209 Å². The molecule has 0 unspecified atom stereocenters. The van der Waals surface area contributed by atoms with E-state index in [-0.39, 0.29) is 33.8 Å². The molecule has 0 bridgehead atoms. The first-order valence-corrected chi connectivity index (χ1v) is 21.6. The Hall–Kier alpha value is -5.02. The fourth-order valence-electron chi connectivity index (χ4n) is 10.2. The predicted molar refractivity (Wildman–Crippen MR) is 253 cm³/mol. The second-order valence-corrected chi connectivity index (χ2v) is 22.4. The van der Waals surface area contributed by atoms with E-state index in [1.54, 1.807) is 0 Å². The van der Waals surface area contributed by atoms with Gasteiger partial charge in [-0.3, -0.25) is 0 Å². The Morgan fingerprint density at radius 3 is 1.16 bits per heavy atom. The van der Waals surface area contributed by atoms with E-state index in [1.165, 1.54) is 105 Å². The highest BCUT2D eigenvalue weighted by Crippen LogP contribution is 2.45. The monoisotopic (exact) mass is 758 g/mol. The van der Waals surface area contributed by atoms with Crippen molar-refractivity contribution in [2.24, 2.45) is 0 Å². The summed E-state index contributed by atoms with van der Waals surface area (Å²) in [6.07, 6.45) is 0. The third kappa shape index (κ3) is 5.17. The molecule has 0 spiro atoms. The summed E-state index contributed by atoms with van der Waals surface area (Å²) in [5.41, 5.74) is 20.2. The van der Waals surface area contributed by atoms with Crippen LogP contribution in [0.1, 0.15) is 130 Å². The zero-order valence-electron chi connectivity index (χ0n) is 37.3. The molecule has 6 aromatic carbocycles. The molecule has 8 aromatic rings. The summed E-state index contributed by atoms with van der Waals surface area (Å²) in [5.74, 6) is 0. The van der Waals surface area contributed by atoms with Gasteiger partial charge < -0.3 is 9.13 Å². The summed E-state index contributed by atoms with van der Waals surface area (Å²) in [6.45, 7) is 33.2. The van der Waals surface area contributed by atoms with Gasteiger partial charge in [-0.15, -0.1) is 0 Å². The number of hydrogen-bond acceptors (Lipinski definition) is 0. The zero-order valence-corrected chi connectivity index (χ0v) is 37.3. The molecule has 2 nitrogen and oxygen atoms in total. The van der Waals surface area contributed by atoms with Gasteiger partial charge in [-0.25, -0.2) is 0 Å². The number of nitrogens with zero attached hydrogens (tertiary/aromatic N) is 2. The van der Waals surface area contributed by atoms with Gasteiger partial charge in [0.05, 0.1) is 11.0 Å². The first kappa shape index (κ1) is 37.3. The van der Waals surface area contributed by atoms with Crippen LogP contribution in [0.4, 0.5) is 0 Å². The highest BCUT2D eigenvalue weighted by atomic mass is 15.0. The van der Waals surface area contributed by atoms with Crippen LogP contribution in [-0.2, 0) is 27.1 Å². The molecule has 0 saturated carbocycles. The molecule has 0 N–H and O–H groups in total. The van der Waals surface area contributed by atoms with Gasteiger partial charge in [-0.1, -0.05) is 152 Å². The Labute approximate surface area is 346 Å². The Kier molecular flexibility index (Phi) is 7.45. The number of hydrogen-bond donors (Lipinski definition) is 0. The van der Waals surface area contributed by atoms with Crippen molar-refractivity contribution < 1.29 is 0 Å². The van der Waals surface area contributed by atoms with Crippen LogP contribution in [0, 0.1) is 0 Å². The maximum atomic E-state index is 2.66. The summed E-state index contributed by atoms with van der Waals surface area (Å²) >= 11 is 0. The largest absolute Gasteiger partial charge is 0.310 e. The van der Waals surface area contributed by atoms with E-state index in [9.17, 15) is 0 Å². The molecule has 2 aromatic heterocycles. The van der Waals surface area contributed by atoms with E-state index < -0.39 is 0 Å². The zero-order chi connectivity index (χ0) is 41.2. The van der Waals surface area contributed by atoms with Gasteiger partial charge in [0.1, 0.15) is 0 Å². The standard InChI is InChI=1S/C55H59BN2/c1-51(2,3)33-20-22-44-38(24-33)40-26-35(53(7,8)9)28-42-49(40)57(44)46-30-37(55(13,14)32-18-16-15-17-19-32)31-47-48(46)56(42)43-29-36(54(10,11)12)27-41-39-25-34(52(4,5)6)21-23-45(39)58(47)50(41)43/h15-31H,1-14H3. The highest BCUT2D eigenvalue weighted by Gasteiger charge is 2.43. The third-order valence-corrected chi connectivity index (χ3v) is 14.0. The molecule has 4 heterocycles. The van der Waals surface area contributed by atoms with Gasteiger partial charge in [-0.05, 0) is 120 Å². The maximum absolute atomic E-state index is 2.66. The van der Waals surface area contributed by atoms with E-state index in [1.807, 2.05) is 0 Å².